The number of hydrogen-bond acceptors (Lipinski definition) is 4. The van der Waals surface area contributed by atoms with Crippen LogP contribution in [0.5, 0.6) is 0 Å². The summed E-state index contributed by atoms with van der Waals surface area (Å²) in [5.74, 6) is 2.87. The number of aliphatic hydroxyl groups is 1. The minimum Gasteiger partial charge on any atom is -0.465 e. The van der Waals surface area contributed by atoms with Crippen molar-refractivity contribution >= 4 is 29.9 Å². The van der Waals surface area contributed by atoms with Crippen molar-refractivity contribution < 1.29 is 9.52 Å². The number of halogens is 1. The fraction of sp³-hybridized carbons (Fsp3) is 0.722. The highest BCUT2D eigenvalue weighted by Crippen LogP contribution is 2.27. The van der Waals surface area contributed by atoms with E-state index in [-0.39, 0.29) is 36.1 Å². The fourth-order valence-corrected chi connectivity index (χ4v) is 3.60. The second kappa shape index (κ2) is 9.78. The van der Waals surface area contributed by atoms with Crippen LogP contribution in [0.4, 0.5) is 0 Å². The molecule has 0 aliphatic carbocycles. The summed E-state index contributed by atoms with van der Waals surface area (Å²) in [4.78, 5) is 9.51. The summed E-state index contributed by atoms with van der Waals surface area (Å²) >= 11 is 0. The maximum Gasteiger partial charge on any atom is 0.194 e. The Bertz CT molecular complexity index is 557. The van der Waals surface area contributed by atoms with E-state index in [0.717, 1.165) is 50.1 Å². The van der Waals surface area contributed by atoms with Crippen molar-refractivity contribution in [2.24, 2.45) is 4.99 Å². The molecule has 3 heterocycles. The van der Waals surface area contributed by atoms with Gasteiger partial charge in [0.2, 0.25) is 0 Å². The molecule has 3 rings (SSSR count). The molecule has 0 radical (unpaired) electrons. The first kappa shape index (κ1) is 20.5. The Morgan fingerprint density at radius 3 is 2.68 bits per heavy atom. The number of likely N-dealkylation sites (tertiary alicyclic amines) is 2. The van der Waals surface area contributed by atoms with Gasteiger partial charge in [-0.15, -0.1) is 24.0 Å². The van der Waals surface area contributed by atoms with Crippen molar-refractivity contribution in [1.82, 2.24) is 15.1 Å². The van der Waals surface area contributed by atoms with Gasteiger partial charge in [-0.25, -0.2) is 0 Å². The summed E-state index contributed by atoms with van der Waals surface area (Å²) in [5.41, 5.74) is 0. The largest absolute Gasteiger partial charge is 0.465 e. The SMILES string of the molecule is CCNC(=NCC(c1ccc(C)o1)N1CCCC1)N1CC[C@@H](O)C1.I. The number of furan rings is 1. The Kier molecular flexibility index (Phi) is 8.02. The lowest BCUT2D eigenvalue weighted by atomic mass is 10.2. The van der Waals surface area contributed by atoms with E-state index in [4.69, 9.17) is 9.41 Å². The molecule has 0 amide bonds. The van der Waals surface area contributed by atoms with Crippen molar-refractivity contribution in [3.05, 3.63) is 23.7 Å². The molecule has 142 valence electrons. The first-order chi connectivity index (χ1) is 11.7. The number of aryl methyl sites for hydroxylation is 1. The van der Waals surface area contributed by atoms with E-state index in [2.05, 4.69) is 28.1 Å². The molecule has 6 nitrogen and oxygen atoms in total. The standard InChI is InChI=1S/C18H30N4O2.HI/c1-3-19-18(22-11-8-15(23)13-22)20-12-16(21-9-4-5-10-21)17-7-6-14(2)24-17;/h6-7,15-16,23H,3-5,8-13H2,1-2H3,(H,19,20);1H/t15-,16?;/m1./s1. The molecule has 2 N–H and O–H groups in total. The first-order valence-corrected chi connectivity index (χ1v) is 9.19. The van der Waals surface area contributed by atoms with Crippen LogP contribution in [0, 0.1) is 6.92 Å². The van der Waals surface area contributed by atoms with E-state index in [9.17, 15) is 5.11 Å². The lowest BCUT2D eigenvalue weighted by Gasteiger charge is -2.26. The van der Waals surface area contributed by atoms with Gasteiger partial charge in [0.1, 0.15) is 11.5 Å². The summed E-state index contributed by atoms with van der Waals surface area (Å²) < 4.78 is 5.91. The van der Waals surface area contributed by atoms with Crippen LogP contribution in [-0.2, 0) is 0 Å². The Morgan fingerprint density at radius 2 is 2.12 bits per heavy atom. The van der Waals surface area contributed by atoms with Gasteiger partial charge in [0.25, 0.3) is 0 Å². The Balaban J connectivity index is 0.00000225. The van der Waals surface area contributed by atoms with Crippen molar-refractivity contribution in [1.29, 1.82) is 0 Å². The second-order valence-electron chi connectivity index (χ2n) is 6.79. The van der Waals surface area contributed by atoms with Crippen LogP contribution in [0.25, 0.3) is 0 Å². The topological polar surface area (TPSA) is 64.2 Å². The third kappa shape index (κ3) is 5.34. The lowest BCUT2D eigenvalue weighted by Crippen LogP contribution is -2.41. The fourth-order valence-electron chi connectivity index (χ4n) is 3.60. The first-order valence-electron chi connectivity index (χ1n) is 9.19. The molecule has 0 spiro atoms. The molecule has 0 saturated carbocycles. The third-order valence-electron chi connectivity index (χ3n) is 4.88. The third-order valence-corrected chi connectivity index (χ3v) is 4.88. The van der Waals surface area contributed by atoms with E-state index >= 15 is 0 Å². The zero-order chi connectivity index (χ0) is 16.9. The summed E-state index contributed by atoms with van der Waals surface area (Å²) in [6, 6.07) is 4.31. The summed E-state index contributed by atoms with van der Waals surface area (Å²) in [6.45, 7) is 9.33. The number of hydrogen-bond donors (Lipinski definition) is 2. The molecule has 7 heteroatoms. The molecule has 1 unspecified atom stereocenters. The van der Waals surface area contributed by atoms with Crippen LogP contribution in [0.3, 0.4) is 0 Å². The number of aliphatic imine (C=N–C) groups is 1. The van der Waals surface area contributed by atoms with Gasteiger partial charge in [0.15, 0.2) is 5.96 Å². The molecule has 2 aliphatic rings. The average Bonchev–Trinajstić information content (AvgIpc) is 3.29. The van der Waals surface area contributed by atoms with Crippen LogP contribution >= 0.6 is 24.0 Å². The molecule has 2 aliphatic heterocycles. The molecule has 1 aromatic heterocycles. The highest BCUT2D eigenvalue weighted by Gasteiger charge is 2.27. The highest BCUT2D eigenvalue weighted by atomic mass is 127. The minimum atomic E-state index is -0.240. The summed E-state index contributed by atoms with van der Waals surface area (Å²) in [7, 11) is 0. The number of aliphatic hydroxyl groups excluding tert-OH is 1. The van der Waals surface area contributed by atoms with Gasteiger partial charge in [-0.2, -0.15) is 0 Å². The molecule has 0 aromatic carbocycles. The minimum absolute atomic E-state index is 0. The molecular weight excluding hydrogens is 431 g/mol. The normalized spacial score (nSPS) is 22.9. The predicted octanol–water partition coefficient (Wildman–Crippen LogP) is 2.38. The average molecular weight is 462 g/mol. The number of rotatable bonds is 5. The highest BCUT2D eigenvalue weighted by molar-refractivity contribution is 14.0. The van der Waals surface area contributed by atoms with E-state index in [0.29, 0.717) is 13.1 Å². The zero-order valence-corrected chi connectivity index (χ0v) is 17.6. The van der Waals surface area contributed by atoms with E-state index < -0.39 is 0 Å². The number of nitrogens with zero attached hydrogens (tertiary/aromatic N) is 3. The molecular formula is C18H31IN4O2. The molecule has 0 bridgehead atoms. The van der Waals surface area contributed by atoms with Gasteiger partial charge >= 0.3 is 0 Å². The quantitative estimate of drug-likeness (QED) is 0.400. The van der Waals surface area contributed by atoms with Crippen molar-refractivity contribution in [2.75, 3.05) is 39.3 Å². The maximum absolute atomic E-state index is 9.80. The Morgan fingerprint density at radius 1 is 1.36 bits per heavy atom. The molecule has 2 saturated heterocycles. The van der Waals surface area contributed by atoms with Gasteiger partial charge in [0, 0.05) is 19.6 Å². The summed E-state index contributed by atoms with van der Waals surface area (Å²) in [5, 5.41) is 13.2. The zero-order valence-electron chi connectivity index (χ0n) is 15.3. The smallest absolute Gasteiger partial charge is 0.194 e. The van der Waals surface area contributed by atoms with Gasteiger partial charge in [0.05, 0.1) is 18.7 Å². The number of guanidine groups is 1. The van der Waals surface area contributed by atoms with Crippen molar-refractivity contribution in [2.45, 2.75) is 45.3 Å². The lowest BCUT2D eigenvalue weighted by molar-refractivity contribution is 0.187. The summed E-state index contributed by atoms with van der Waals surface area (Å²) in [6.07, 6.45) is 3.07. The number of β-amino-alcohol motifs (C(OH)–C–C–N with tert-alkyl or cyclic N) is 1. The van der Waals surface area contributed by atoms with E-state index in [1.54, 1.807) is 0 Å². The van der Waals surface area contributed by atoms with Gasteiger partial charge < -0.3 is 19.7 Å². The van der Waals surface area contributed by atoms with Crippen LogP contribution in [0.1, 0.15) is 43.7 Å². The molecule has 2 fully saturated rings. The molecule has 2 atom stereocenters. The Hall–Kier alpha value is -0.800. The monoisotopic (exact) mass is 462 g/mol. The number of nitrogens with one attached hydrogen (secondary N) is 1. The van der Waals surface area contributed by atoms with E-state index in [1.165, 1.54) is 12.8 Å². The second-order valence-corrected chi connectivity index (χ2v) is 6.79. The van der Waals surface area contributed by atoms with Crippen LogP contribution in [-0.4, -0.2) is 66.2 Å². The van der Waals surface area contributed by atoms with Crippen molar-refractivity contribution in [3.63, 3.8) is 0 Å². The van der Waals surface area contributed by atoms with Crippen LogP contribution in [0.2, 0.25) is 0 Å². The van der Waals surface area contributed by atoms with Crippen LogP contribution in [0.15, 0.2) is 21.5 Å². The van der Waals surface area contributed by atoms with Gasteiger partial charge in [-0.05, 0) is 58.3 Å². The van der Waals surface area contributed by atoms with Gasteiger partial charge in [-0.3, -0.25) is 9.89 Å². The molecule has 25 heavy (non-hydrogen) atoms. The van der Waals surface area contributed by atoms with Gasteiger partial charge in [-0.1, -0.05) is 0 Å². The van der Waals surface area contributed by atoms with Crippen LogP contribution < -0.4 is 5.32 Å². The van der Waals surface area contributed by atoms with Crippen molar-refractivity contribution in [3.8, 4) is 0 Å². The predicted molar refractivity (Wildman–Crippen MR) is 111 cm³/mol. The van der Waals surface area contributed by atoms with E-state index in [1.807, 2.05) is 13.0 Å². The maximum atomic E-state index is 9.80. The Labute approximate surface area is 167 Å². The molecule has 1 aromatic rings.